The summed E-state index contributed by atoms with van der Waals surface area (Å²) in [5, 5.41) is 10.6. The molecule has 14 heteroatoms. The molecule has 2 atom stereocenters. The van der Waals surface area contributed by atoms with Gasteiger partial charge in [0.05, 0.1) is 28.2 Å². The Hall–Kier alpha value is -3.46. The van der Waals surface area contributed by atoms with Gasteiger partial charge in [0, 0.05) is 37.0 Å². The number of nitrogens with one attached hydrogen (secondary N) is 1. The molecule has 2 amide bonds. The summed E-state index contributed by atoms with van der Waals surface area (Å²) in [6.07, 6.45) is 1.83. The van der Waals surface area contributed by atoms with Crippen molar-refractivity contribution in [3.8, 4) is 22.0 Å². The monoisotopic (exact) mass is 639 g/mol. The van der Waals surface area contributed by atoms with Gasteiger partial charge in [-0.1, -0.05) is 30.3 Å². The maximum Gasteiger partial charge on any atom is 0.252 e. The van der Waals surface area contributed by atoms with E-state index in [-0.39, 0.29) is 42.1 Å². The third kappa shape index (κ3) is 6.14. The van der Waals surface area contributed by atoms with Crippen LogP contribution in [0.5, 0.6) is 0 Å². The van der Waals surface area contributed by atoms with E-state index in [9.17, 15) is 18.0 Å². The number of carbonyl (C=O) groups excluding carboxylic acids is 2. The third-order valence-corrected chi connectivity index (χ3v) is 12.0. The number of thiophene rings is 1. The lowest BCUT2D eigenvalue weighted by molar-refractivity contribution is -0.138. The highest BCUT2D eigenvalue weighted by Gasteiger charge is 2.36. The number of hydrogen-bond acceptors (Lipinski definition) is 9. The van der Waals surface area contributed by atoms with Crippen molar-refractivity contribution in [1.29, 1.82) is 0 Å². The normalized spacial score (nSPS) is 20.8. The minimum atomic E-state index is -3.88. The Morgan fingerprint density at radius 2 is 1.79 bits per heavy atom. The molecule has 2 aliphatic rings. The van der Waals surface area contributed by atoms with Crippen LogP contribution in [0.1, 0.15) is 49.5 Å². The number of amides is 2. The standard InChI is InChI=1S/C29H33N7O4S3/c1-19-28-32-27(21-8-4-3-5-9-21)33-36(28)17-16-34(14-7-11-25(37)35-15-6-10-23(35)29(38)30-19)43(39,40)26-13-12-24(42-26)22-18-41-20(2)31-22/h3-5,8-9,12-13,18-19,23H,6-7,10-11,14-17H2,1-2H3,(H,30,38)/t19-,23-/m0/s1. The van der Waals surface area contributed by atoms with Crippen LogP contribution < -0.4 is 5.32 Å². The van der Waals surface area contributed by atoms with E-state index in [2.05, 4.69) is 10.3 Å². The number of sulfonamides is 1. The van der Waals surface area contributed by atoms with Crippen molar-refractivity contribution in [2.75, 3.05) is 19.6 Å². The van der Waals surface area contributed by atoms with Crippen LogP contribution in [0.15, 0.2) is 52.1 Å². The molecule has 2 aliphatic heterocycles. The van der Waals surface area contributed by atoms with Gasteiger partial charge in [-0.15, -0.1) is 22.7 Å². The molecule has 1 N–H and O–H groups in total. The van der Waals surface area contributed by atoms with Crippen LogP contribution in [0, 0.1) is 6.92 Å². The van der Waals surface area contributed by atoms with E-state index in [0.29, 0.717) is 31.0 Å². The maximum atomic E-state index is 14.0. The number of benzene rings is 1. The number of carbonyl (C=O) groups is 2. The van der Waals surface area contributed by atoms with Crippen molar-refractivity contribution in [2.24, 2.45) is 0 Å². The molecule has 0 saturated carbocycles. The molecular formula is C29H33N7O4S3. The lowest BCUT2D eigenvalue weighted by Crippen LogP contribution is -2.47. The Balaban J connectivity index is 1.34. The zero-order valence-corrected chi connectivity index (χ0v) is 26.4. The van der Waals surface area contributed by atoms with Gasteiger partial charge in [0.2, 0.25) is 11.8 Å². The van der Waals surface area contributed by atoms with E-state index in [1.807, 2.05) is 49.6 Å². The third-order valence-electron chi connectivity index (χ3n) is 7.76. The number of fused-ring (bicyclic) bond motifs is 2. The molecule has 0 bridgehead atoms. The fourth-order valence-electron chi connectivity index (χ4n) is 5.57. The summed E-state index contributed by atoms with van der Waals surface area (Å²) in [6, 6.07) is 11.9. The van der Waals surface area contributed by atoms with Crippen LogP contribution in [0.2, 0.25) is 0 Å². The predicted octanol–water partition coefficient (Wildman–Crippen LogP) is 4.09. The molecule has 5 heterocycles. The van der Waals surface area contributed by atoms with Crippen LogP contribution >= 0.6 is 22.7 Å². The molecule has 43 heavy (non-hydrogen) atoms. The highest BCUT2D eigenvalue weighted by atomic mass is 32.2. The number of rotatable bonds is 4. The summed E-state index contributed by atoms with van der Waals surface area (Å²) in [7, 11) is -3.88. The summed E-state index contributed by atoms with van der Waals surface area (Å²) in [4.78, 5) is 38.2. The molecule has 1 aromatic carbocycles. The van der Waals surface area contributed by atoms with Crippen LogP contribution in [0.25, 0.3) is 22.0 Å². The highest BCUT2D eigenvalue weighted by Crippen LogP contribution is 2.33. The van der Waals surface area contributed by atoms with E-state index in [4.69, 9.17) is 10.1 Å². The smallest absolute Gasteiger partial charge is 0.252 e. The number of hydrogen-bond donors (Lipinski definition) is 1. The van der Waals surface area contributed by atoms with E-state index in [1.54, 1.807) is 21.7 Å². The molecule has 0 radical (unpaired) electrons. The van der Waals surface area contributed by atoms with Crippen LogP contribution in [-0.2, 0) is 26.2 Å². The van der Waals surface area contributed by atoms with Crippen LogP contribution in [-0.4, -0.2) is 74.9 Å². The summed E-state index contributed by atoms with van der Waals surface area (Å²) in [5.74, 6) is 0.676. The van der Waals surface area contributed by atoms with E-state index >= 15 is 0 Å². The Morgan fingerprint density at radius 1 is 0.977 bits per heavy atom. The molecule has 1 saturated heterocycles. The summed E-state index contributed by atoms with van der Waals surface area (Å²) >= 11 is 2.71. The van der Waals surface area contributed by atoms with Crippen molar-refractivity contribution >= 4 is 44.5 Å². The molecule has 226 valence electrons. The van der Waals surface area contributed by atoms with Gasteiger partial charge in [-0.05, 0) is 45.2 Å². The van der Waals surface area contributed by atoms with Gasteiger partial charge in [-0.25, -0.2) is 23.1 Å². The topological polar surface area (TPSA) is 130 Å². The number of nitrogens with zero attached hydrogens (tertiary/aromatic N) is 6. The van der Waals surface area contributed by atoms with E-state index in [0.717, 1.165) is 27.6 Å². The number of aryl methyl sites for hydroxylation is 1. The van der Waals surface area contributed by atoms with Crippen LogP contribution in [0.3, 0.4) is 0 Å². The Kier molecular flexibility index (Phi) is 8.45. The maximum absolute atomic E-state index is 14.0. The summed E-state index contributed by atoms with van der Waals surface area (Å²) < 4.78 is 31.4. The quantitative estimate of drug-likeness (QED) is 0.356. The average Bonchev–Trinajstić information content (AvgIpc) is 3.81. The van der Waals surface area contributed by atoms with Crippen molar-refractivity contribution in [3.05, 3.63) is 58.7 Å². The minimum absolute atomic E-state index is 0.122. The van der Waals surface area contributed by atoms with E-state index < -0.39 is 22.1 Å². The van der Waals surface area contributed by atoms with Gasteiger partial charge in [0.15, 0.2) is 5.82 Å². The molecule has 0 spiro atoms. The molecule has 6 rings (SSSR count). The SMILES string of the molecule is Cc1nc(-c2ccc(S(=O)(=O)N3CCCC(=O)N4CCC[C@H]4C(=O)N[C@@H](C)c4nc(-c5ccccc5)nn4CC3)s2)cs1. The van der Waals surface area contributed by atoms with Crippen molar-refractivity contribution in [2.45, 2.75) is 62.4 Å². The Bertz CT molecular complexity index is 1730. The predicted molar refractivity (Wildman–Crippen MR) is 165 cm³/mol. The Morgan fingerprint density at radius 3 is 2.56 bits per heavy atom. The number of aromatic nitrogens is 4. The highest BCUT2D eigenvalue weighted by molar-refractivity contribution is 7.91. The lowest BCUT2D eigenvalue weighted by Gasteiger charge is -2.27. The fraction of sp³-hybridized carbons (Fsp3) is 0.414. The van der Waals surface area contributed by atoms with Gasteiger partial charge < -0.3 is 10.2 Å². The van der Waals surface area contributed by atoms with Gasteiger partial charge >= 0.3 is 0 Å². The van der Waals surface area contributed by atoms with Crippen LogP contribution in [0.4, 0.5) is 0 Å². The van der Waals surface area contributed by atoms with Gasteiger partial charge in [-0.3, -0.25) is 9.59 Å². The molecule has 11 nitrogen and oxygen atoms in total. The number of thiazole rings is 1. The molecule has 3 aromatic heterocycles. The first kappa shape index (κ1) is 29.6. The zero-order chi connectivity index (χ0) is 30.1. The molecule has 0 aliphatic carbocycles. The van der Waals surface area contributed by atoms with Gasteiger partial charge in [0.25, 0.3) is 10.0 Å². The first-order chi connectivity index (χ1) is 20.7. The average molecular weight is 640 g/mol. The van der Waals surface area contributed by atoms with Crippen molar-refractivity contribution in [3.63, 3.8) is 0 Å². The minimum Gasteiger partial charge on any atom is -0.345 e. The fourth-order valence-corrected chi connectivity index (χ4v) is 9.15. The first-order valence-electron chi connectivity index (χ1n) is 14.3. The molecule has 4 aromatic rings. The summed E-state index contributed by atoms with van der Waals surface area (Å²) in [5.41, 5.74) is 1.58. The molecule has 1 fully saturated rings. The second kappa shape index (κ2) is 12.3. The summed E-state index contributed by atoms with van der Waals surface area (Å²) in [6.45, 7) is 4.77. The second-order valence-electron chi connectivity index (χ2n) is 10.7. The molecule has 0 unspecified atom stereocenters. The van der Waals surface area contributed by atoms with Gasteiger partial charge in [0.1, 0.15) is 16.1 Å². The second-order valence-corrected chi connectivity index (χ2v) is 15.0. The van der Waals surface area contributed by atoms with Crippen molar-refractivity contribution < 1.29 is 18.0 Å². The Labute approximate surface area is 258 Å². The first-order valence-corrected chi connectivity index (χ1v) is 17.5. The van der Waals surface area contributed by atoms with Gasteiger partial charge in [-0.2, -0.15) is 9.40 Å². The van der Waals surface area contributed by atoms with Crippen molar-refractivity contribution in [1.82, 2.24) is 34.3 Å². The molecular weight excluding hydrogens is 607 g/mol. The van der Waals surface area contributed by atoms with E-state index in [1.165, 1.54) is 27.0 Å². The lowest BCUT2D eigenvalue weighted by atomic mass is 10.1. The zero-order valence-electron chi connectivity index (χ0n) is 24.0. The largest absolute Gasteiger partial charge is 0.345 e.